The molecule has 3 aromatic rings. The SMILES string of the molecule is C#Cc1cccc(C(=O)N2CCN(C(=O)c3cc4cc(Cl)ccc4[nH]3)CC2)c1. The van der Waals surface area contributed by atoms with E-state index in [4.69, 9.17) is 18.0 Å². The van der Waals surface area contributed by atoms with Gasteiger partial charge in [0.2, 0.25) is 0 Å². The maximum absolute atomic E-state index is 12.8. The van der Waals surface area contributed by atoms with Gasteiger partial charge in [0.25, 0.3) is 11.8 Å². The van der Waals surface area contributed by atoms with E-state index < -0.39 is 0 Å². The number of terminal acetylenes is 1. The lowest BCUT2D eigenvalue weighted by Gasteiger charge is -2.34. The zero-order chi connectivity index (χ0) is 19.7. The van der Waals surface area contributed by atoms with Gasteiger partial charge in [-0.3, -0.25) is 9.59 Å². The molecule has 0 aliphatic carbocycles. The van der Waals surface area contributed by atoms with Crippen molar-refractivity contribution in [1.82, 2.24) is 14.8 Å². The van der Waals surface area contributed by atoms with E-state index >= 15 is 0 Å². The lowest BCUT2D eigenvalue weighted by molar-refractivity contribution is 0.0533. The van der Waals surface area contributed by atoms with Gasteiger partial charge in [-0.2, -0.15) is 0 Å². The molecule has 1 fully saturated rings. The molecular formula is C22H18ClN3O2. The average Bonchev–Trinajstić information content (AvgIpc) is 3.16. The number of aromatic nitrogens is 1. The molecule has 0 bridgehead atoms. The van der Waals surface area contributed by atoms with E-state index in [0.29, 0.717) is 48.0 Å². The molecule has 28 heavy (non-hydrogen) atoms. The number of hydrogen-bond acceptors (Lipinski definition) is 2. The summed E-state index contributed by atoms with van der Waals surface area (Å²) in [4.78, 5) is 32.2. The molecule has 2 heterocycles. The standard InChI is InChI=1S/C22H18ClN3O2/c1-2-15-4-3-5-16(12-15)21(27)25-8-10-26(11-9-25)22(28)20-14-17-13-18(23)6-7-19(17)24-20/h1,3-7,12-14,24H,8-11H2. The number of nitrogens with zero attached hydrogens (tertiary/aromatic N) is 2. The third kappa shape index (κ3) is 3.47. The smallest absolute Gasteiger partial charge is 0.270 e. The van der Waals surface area contributed by atoms with Crippen LogP contribution in [0.3, 0.4) is 0 Å². The normalized spacial score (nSPS) is 14.1. The molecule has 5 nitrogen and oxygen atoms in total. The van der Waals surface area contributed by atoms with Crippen LogP contribution in [0.25, 0.3) is 10.9 Å². The maximum Gasteiger partial charge on any atom is 0.270 e. The van der Waals surface area contributed by atoms with E-state index in [1.807, 2.05) is 18.2 Å². The van der Waals surface area contributed by atoms with Gasteiger partial charge in [-0.25, -0.2) is 0 Å². The minimum atomic E-state index is -0.0752. The molecule has 1 N–H and O–H groups in total. The minimum Gasteiger partial charge on any atom is -0.351 e. The van der Waals surface area contributed by atoms with E-state index in [2.05, 4.69) is 10.9 Å². The van der Waals surface area contributed by atoms with Crippen LogP contribution in [-0.4, -0.2) is 52.8 Å². The number of rotatable bonds is 2. The number of aromatic amines is 1. The summed E-state index contributed by atoms with van der Waals surface area (Å²) in [5, 5.41) is 1.53. The summed E-state index contributed by atoms with van der Waals surface area (Å²) in [5.41, 5.74) is 2.65. The van der Waals surface area contributed by atoms with Gasteiger partial charge >= 0.3 is 0 Å². The van der Waals surface area contributed by atoms with Gasteiger partial charge in [-0.1, -0.05) is 23.6 Å². The minimum absolute atomic E-state index is 0.0653. The van der Waals surface area contributed by atoms with E-state index in [1.54, 1.807) is 40.1 Å². The number of piperazine rings is 1. The Hall–Kier alpha value is -3.23. The highest BCUT2D eigenvalue weighted by molar-refractivity contribution is 6.31. The first-order chi connectivity index (χ1) is 13.5. The zero-order valence-corrected chi connectivity index (χ0v) is 15.9. The number of hydrogen-bond donors (Lipinski definition) is 1. The molecule has 4 rings (SSSR count). The topological polar surface area (TPSA) is 56.4 Å². The molecule has 0 spiro atoms. The average molecular weight is 392 g/mol. The van der Waals surface area contributed by atoms with Gasteiger partial charge in [0.15, 0.2) is 0 Å². The van der Waals surface area contributed by atoms with E-state index in [1.165, 1.54) is 0 Å². The van der Waals surface area contributed by atoms with Crippen LogP contribution in [0.15, 0.2) is 48.5 Å². The van der Waals surface area contributed by atoms with Crippen molar-refractivity contribution in [2.24, 2.45) is 0 Å². The van der Waals surface area contributed by atoms with Gasteiger partial charge in [-0.15, -0.1) is 6.42 Å². The first-order valence-electron chi connectivity index (χ1n) is 8.98. The summed E-state index contributed by atoms with van der Waals surface area (Å²) in [6, 6.07) is 14.3. The summed E-state index contributed by atoms with van der Waals surface area (Å²) in [6.45, 7) is 1.93. The predicted molar refractivity (Wildman–Crippen MR) is 109 cm³/mol. The summed E-state index contributed by atoms with van der Waals surface area (Å²) in [7, 11) is 0. The Morgan fingerprint density at radius 3 is 2.39 bits per heavy atom. The van der Waals surface area contributed by atoms with Crippen LogP contribution in [-0.2, 0) is 0 Å². The van der Waals surface area contributed by atoms with Crippen LogP contribution in [0.2, 0.25) is 5.02 Å². The molecule has 1 aromatic heterocycles. The van der Waals surface area contributed by atoms with E-state index in [-0.39, 0.29) is 11.8 Å². The fourth-order valence-corrected chi connectivity index (χ4v) is 3.61. The van der Waals surface area contributed by atoms with E-state index in [0.717, 1.165) is 10.9 Å². The Morgan fingerprint density at radius 1 is 0.964 bits per heavy atom. The maximum atomic E-state index is 12.8. The van der Waals surface area contributed by atoms with Crippen molar-refractivity contribution in [3.05, 3.63) is 70.4 Å². The van der Waals surface area contributed by atoms with Crippen molar-refractivity contribution in [1.29, 1.82) is 0 Å². The second-order valence-corrected chi connectivity index (χ2v) is 7.16. The molecule has 1 saturated heterocycles. The van der Waals surface area contributed by atoms with Crippen molar-refractivity contribution in [2.45, 2.75) is 0 Å². The van der Waals surface area contributed by atoms with Crippen LogP contribution in [0.5, 0.6) is 0 Å². The van der Waals surface area contributed by atoms with Crippen molar-refractivity contribution >= 4 is 34.3 Å². The first kappa shape index (κ1) is 18.1. The second-order valence-electron chi connectivity index (χ2n) is 6.72. The van der Waals surface area contributed by atoms with Crippen LogP contribution >= 0.6 is 11.6 Å². The highest BCUT2D eigenvalue weighted by atomic mass is 35.5. The van der Waals surface area contributed by atoms with Crippen LogP contribution in [0.1, 0.15) is 26.4 Å². The number of fused-ring (bicyclic) bond motifs is 1. The van der Waals surface area contributed by atoms with Crippen molar-refractivity contribution in [3.8, 4) is 12.3 Å². The molecule has 1 aliphatic rings. The summed E-state index contributed by atoms with van der Waals surface area (Å²) in [6.07, 6.45) is 5.41. The van der Waals surface area contributed by atoms with Gasteiger partial charge in [0.1, 0.15) is 5.69 Å². The Morgan fingerprint density at radius 2 is 1.68 bits per heavy atom. The van der Waals surface area contributed by atoms with Crippen molar-refractivity contribution < 1.29 is 9.59 Å². The van der Waals surface area contributed by atoms with Gasteiger partial charge in [-0.05, 0) is 42.5 Å². The van der Waals surface area contributed by atoms with E-state index in [9.17, 15) is 9.59 Å². The van der Waals surface area contributed by atoms with Crippen molar-refractivity contribution in [2.75, 3.05) is 26.2 Å². The zero-order valence-electron chi connectivity index (χ0n) is 15.1. The van der Waals surface area contributed by atoms with Crippen LogP contribution < -0.4 is 0 Å². The van der Waals surface area contributed by atoms with Crippen LogP contribution in [0.4, 0.5) is 0 Å². The third-order valence-electron chi connectivity index (χ3n) is 4.94. The lowest BCUT2D eigenvalue weighted by Crippen LogP contribution is -2.50. The summed E-state index contributed by atoms with van der Waals surface area (Å²) < 4.78 is 0. The highest BCUT2D eigenvalue weighted by Gasteiger charge is 2.26. The second kappa shape index (κ2) is 7.41. The number of benzene rings is 2. The summed E-state index contributed by atoms with van der Waals surface area (Å²) >= 11 is 6.01. The monoisotopic (exact) mass is 391 g/mol. The largest absolute Gasteiger partial charge is 0.351 e. The molecular weight excluding hydrogens is 374 g/mol. The van der Waals surface area contributed by atoms with Gasteiger partial charge in [0.05, 0.1) is 0 Å². The summed E-state index contributed by atoms with van der Waals surface area (Å²) in [5.74, 6) is 2.40. The molecule has 2 amide bonds. The molecule has 6 heteroatoms. The van der Waals surface area contributed by atoms with Crippen LogP contribution in [0, 0.1) is 12.3 Å². The van der Waals surface area contributed by atoms with Gasteiger partial charge < -0.3 is 14.8 Å². The highest BCUT2D eigenvalue weighted by Crippen LogP contribution is 2.21. The number of nitrogens with one attached hydrogen (secondary N) is 1. The molecule has 1 aliphatic heterocycles. The predicted octanol–water partition coefficient (Wildman–Crippen LogP) is 3.40. The third-order valence-corrected chi connectivity index (χ3v) is 5.18. The number of H-pyrrole nitrogens is 1. The molecule has 0 unspecified atom stereocenters. The first-order valence-corrected chi connectivity index (χ1v) is 9.36. The fraction of sp³-hybridized carbons (Fsp3) is 0.182. The number of amides is 2. The lowest BCUT2D eigenvalue weighted by atomic mass is 10.1. The Kier molecular flexibility index (Phi) is 4.81. The molecule has 0 atom stereocenters. The van der Waals surface area contributed by atoms with Crippen molar-refractivity contribution in [3.63, 3.8) is 0 Å². The molecule has 0 radical (unpaired) electrons. The Bertz CT molecular complexity index is 1100. The number of carbonyl (C=O) groups excluding carboxylic acids is 2. The Balaban J connectivity index is 1.43. The van der Waals surface area contributed by atoms with Gasteiger partial charge in [0, 0.05) is 53.2 Å². The molecule has 2 aromatic carbocycles. The number of halogens is 1. The fourth-order valence-electron chi connectivity index (χ4n) is 3.43. The number of carbonyl (C=O) groups is 2. The quantitative estimate of drug-likeness (QED) is 0.681. The molecule has 140 valence electrons. The Labute approximate surface area is 167 Å². The molecule has 0 saturated carbocycles.